The zero-order valence-corrected chi connectivity index (χ0v) is 9.66. The maximum atomic E-state index is 8.79. The van der Waals surface area contributed by atoms with Crippen molar-refractivity contribution >= 4 is 0 Å². The van der Waals surface area contributed by atoms with Crippen LogP contribution >= 0.6 is 0 Å². The summed E-state index contributed by atoms with van der Waals surface area (Å²) in [6.07, 6.45) is 1.85. The lowest BCUT2D eigenvalue weighted by atomic mass is 9.98. The maximum absolute atomic E-state index is 8.79. The third-order valence-electron chi connectivity index (χ3n) is 2.57. The first-order chi connectivity index (χ1) is 7.14. The van der Waals surface area contributed by atoms with E-state index in [-0.39, 0.29) is 12.1 Å². The van der Waals surface area contributed by atoms with E-state index in [1.165, 1.54) is 5.56 Å². The average molecular weight is 207 g/mol. The van der Waals surface area contributed by atoms with Crippen LogP contribution in [0.2, 0.25) is 0 Å². The summed E-state index contributed by atoms with van der Waals surface area (Å²) in [5, 5.41) is 12.3. The summed E-state index contributed by atoms with van der Waals surface area (Å²) in [7, 11) is 0. The molecule has 0 aliphatic rings. The minimum atomic E-state index is 0.0958. The number of rotatable bonds is 6. The van der Waals surface area contributed by atoms with Crippen LogP contribution in [0, 0.1) is 0 Å². The molecule has 1 aromatic carbocycles. The van der Waals surface area contributed by atoms with Crippen molar-refractivity contribution in [2.45, 2.75) is 38.8 Å². The molecule has 0 unspecified atom stereocenters. The van der Waals surface area contributed by atoms with E-state index in [1.807, 2.05) is 6.07 Å². The van der Waals surface area contributed by atoms with E-state index < -0.39 is 0 Å². The van der Waals surface area contributed by atoms with Gasteiger partial charge >= 0.3 is 0 Å². The second-order valence-electron chi connectivity index (χ2n) is 4.55. The number of hydrogen-bond acceptors (Lipinski definition) is 2. The molecule has 0 heterocycles. The monoisotopic (exact) mass is 207 g/mol. The zero-order chi connectivity index (χ0) is 11.1. The SMILES string of the molecule is CC(C)(CCCO)NCc1ccccc1. The summed E-state index contributed by atoms with van der Waals surface area (Å²) >= 11 is 0. The Labute approximate surface area is 92.3 Å². The van der Waals surface area contributed by atoms with Gasteiger partial charge in [0.1, 0.15) is 0 Å². The summed E-state index contributed by atoms with van der Waals surface area (Å²) in [5.74, 6) is 0. The van der Waals surface area contributed by atoms with Crippen molar-refractivity contribution in [1.29, 1.82) is 0 Å². The Kier molecular flexibility index (Phi) is 4.79. The number of hydrogen-bond donors (Lipinski definition) is 2. The van der Waals surface area contributed by atoms with Crippen LogP contribution in [-0.2, 0) is 6.54 Å². The highest BCUT2D eigenvalue weighted by molar-refractivity contribution is 5.14. The fraction of sp³-hybridized carbons (Fsp3) is 0.538. The topological polar surface area (TPSA) is 32.3 Å². The number of aliphatic hydroxyl groups is 1. The van der Waals surface area contributed by atoms with Crippen LogP contribution in [0.25, 0.3) is 0 Å². The van der Waals surface area contributed by atoms with E-state index in [1.54, 1.807) is 0 Å². The maximum Gasteiger partial charge on any atom is 0.0431 e. The second kappa shape index (κ2) is 5.89. The average Bonchev–Trinajstić information content (AvgIpc) is 2.25. The van der Waals surface area contributed by atoms with Crippen LogP contribution in [0.1, 0.15) is 32.3 Å². The van der Waals surface area contributed by atoms with E-state index in [4.69, 9.17) is 5.11 Å². The van der Waals surface area contributed by atoms with Crippen molar-refractivity contribution in [1.82, 2.24) is 5.32 Å². The molecule has 1 rings (SSSR count). The van der Waals surface area contributed by atoms with Crippen molar-refractivity contribution in [2.24, 2.45) is 0 Å². The van der Waals surface area contributed by atoms with Crippen LogP contribution in [0.4, 0.5) is 0 Å². The second-order valence-corrected chi connectivity index (χ2v) is 4.55. The van der Waals surface area contributed by atoms with Gasteiger partial charge < -0.3 is 10.4 Å². The van der Waals surface area contributed by atoms with E-state index in [0.717, 1.165) is 19.4 Å². The van der Waals surface area contributed by atoms with E-state index in [0.29, 0.717) is 0 Å². The van der Waals surface area contributed by atoms with Crippen molar-refractivity contribution < 1.29 is 5.11 Å². The fourth-order valence-corrected chi connectivity index (χ4v) is 1.55. The third kappa shape index (κ3) is 4.96. The molecule has 15 heavy (non-hydrogen) atoms. The Morgan fingerprint density at radius 1 is 1.20 bits per heavy atom. The Morgan fingerprint density at radius 2 is 1.87 bits per heavy atom. The van der Waals surface area contributed by atoms with E-state index >= 15 is 0 Å². The summed E-state index contributed by atoms with van der Waals surface area (Å²) in [4.78, 5) is 0. The molecule has 0 radical (unpaired) electrons. The van der Waals surface area contributed by atoms with Crippen LogP contribution < -0.4 is 5.32 Å². The molecule has 2 nitrogen and oxygen atoms in total. The van der Waals surface area contributed by atoms with Crippen molar-refractivity contribution in [2.75, 3.05) is 6.61 Å². The smallest absolute Gasteiger partial charge is 0.0431 e. The molecular weight excluding hydrogens is 186 g/mol. The van der Waals surface area contributed by atoms with Gasteiger partial charge in [0.25, 0.3) is 0 Å². The normalized spacial score (nSPS) is 11.7. The zero-order valence-electron chi connectivity index (χ0n) is 9.66. The highest BCUT2D eigenvalue weighted by atomic mass is 16.2. The highest BCUT2D eigenvalue weighted by Crippen LogP contribution is 2.12. The molecule has 0 aliphatic heterocycles. The van der Waals surface area contributed by atoms with Gasteiger partial charge in [-0.25, -0.2) is 0 Å². The highest BCUT2D eigenvalue weighted by Gasteiger charge is 2.15. The standard InChI is InChI=1S/C13H21NO/c1-13(2,9-6-10-15)14-11-12-7-4-3-5-8-12/h3-5,7-8,14-15H,6,9-11H2,1-2H3. The largest absolute Gasteiger partial charge is 0.396 e. The molecule has 2 N–H and O–H groups in total. The van der Waals surface area contributed by atoms with Gasteiger partial charge in [-0.05, 0) is 32.3 Å². The van der Waals surface area contributed by atoms with Gasteiger partial charge in [-0.15, -0.1) is 0 Å². The van der Waals surface area contributed by atoms with E-state index in [9.17, 15) is 0 Å². The predicted molar refractivity (Wildman–Crippen MR) is 63.7 cm³/mol. The Hall–Kier alpha value is -0.860. The van der Waals surface area contributed by atoms with Gasteiger partial charge in [0, 0.05) is 18.7 Å². The number of nitrogens with one attached hydrogen (secondary N) is 1. The molecule has 1 aromatic rings. The first kappa shape index (κ1) is 12.2. The molecule has 0 atom stereocenters. The first-order valence-electron chi connectivity index (χ1n) is 5.54. The quantitative estimate of drug-likeness (QED) is 0.750. The van der Waals surface area contributed by atoms with Crippen molar-refractivity contribution in [3.05, 3.63) is 35.9 Å². The molecule has 0 aromatic heterocycles. The molecule has 0 spiro atoms. The Balaban J connectivity index is 2.35. The van der Waals surface area contributed by atoms with Crippen LogP contribution in [-0.4, -0.2) is 17.3 Å². The first-order valence-corrected chi connectivity index (χ1v) is 5.54. The van der Waals surface area contributed by atoms with Crippen molar-refractivity contribution in [3.63, 3.8) is 0 Å². The molecule has 0 amide bonds. The van der Waals surface area contributed by atoms with Gasteiger partial charge in [0.05, 0.1) is 0 Å². The number of benzene rings is 1. The summed E-state index contributed by atoms with van der Waals surface area (Å²) in [5.41, 5.74) is 1.40. The van der Waals surface area contributed by atoms with Gasteiger partial charge in [-0.2, -0.15) is 0 Å². The molecule has 0 fully saturated rings. The summed E-state index contributed by atoms with van der Waals surface area (Å²) < 4.78 is 0. The molecule has 0 saturated carbocycles. The molecule has 0 aliphatic carbocycles. The van der Waals surface area contributed by atoms with Gasteiger partial charge in [-0.3, -0.25) is 0 Å². The van der Waals surface area contributed by atoms with Crippen molar-refractivity contribution in [3.8, 4) is 0 Å². The summed E-state index contributed by atoms with van der Waals surface area (Å²) in [6, 6.07) is 10.4. The van der Waals surface area contributed by atoms with Crippen LogP contribution in [0.15, 0.2) is 30.3 Å². The molecule has 2 heteroatoms. The Bertz CT molecular complexity index is 269. The lowest BCUT2D eigenvalue weighted by molar-refractivity contribution is 0.254. The number of aliphatic hydroxyl groups excluding tert-OH is 1. The molecule has 84 valence electrons. The van der Waals surface area contributed by atoms with Gasteiger partial charge in [-0.1, -0.05) is 30.3 Å². The van der Waals surface area contributed by atoms with Crippen LogP contribution in [0.3, 0.4) is 0 Å². The van der Waals surface area contributed by atoms with Gasteiger partial charge in [0.15, 0.2) is 0 Å². The van der Waals surface area contributed by atoms with E-state index in [2.05, 4.69) is 43.4 Å². The van der Waals surface area contributed by atoms with Crippen LogP contribution in [0.5, 0.6) is 0 Å². The summed E-state index contributed by atoms with van der Waals surface area (Å²) in [6.45, 7) is 5.51. The van der Waals surface area contributed by atoms with Gasteiger partial charge in [0.2, 0.25) is 0 Å². The molecular formula is C13H21NO. The fourth-order valence-electron chi connectivity index (χ4n) is 1.55. The lowest BCUT2D eigenvalue weighted by Crippen LogP contribution is -2.38. The minimum Gasteiger partial charge on any atom is -0.396 e. The molecule has 0 bridgehead atoms. The molecule has 0 saturated heterocycles. The third-order valence-corrected chi connectivity index (χ3v) is 2.57. The minimum absolute atomic E-state index is 0.0958. The Morgan fingerprint density at radius 3 is 2.47 bits per heavy atom. The lowest BCUT2D eigenvalue weighted by Gasteiger charge is -2.26. The predicted octanol–water partition coefficient (Wildman–Crippen LogP) is 2.33.